The van der Waals surface area contributed by atoms with Crippen LogP contribution in [0.25, 0.3) is 0 Å². The van der Waals surface area contributed by atoms with E-state index in [1.807, 2.05) is 5.01 Å². The molecule has 2 rings (SSSR count). The van der Waals surface area contributed by atoms with E-state index >= 15 is 0 Å². The lowest BCUT2D eigenvalue weighted by atomic mass is 10.2. The molecule has 0 amide bonds. The maximum absolute atomic E-state index is 5.78. The first-order valence-electron chi connectivity index (χ1n) is 3.61. The highest BCUT2D eigenvalue weighted by Gasteiger charge is 2.33. The Bertz CT molecular complexity index is 98.9. The van der Waals surface area contributed by atoms with Crippen LogP contribution in [-0.4, -0.2) is 30.2 Å². The summed E-state index contributed by atoms with van der Waals surface area (Å²) in [5.41, 5.74) is 0. The number of hydrogen-bond acceptors (Lipinski definition) is 3. The second kappa shape index (κ2) is 1.94. The molecule has 0 spiro atoms. The molecule has 2 aliphatic heterocycles. The van der Waals surface area contributed by atoms with Gasteiger partial charge in [0.25, 0.3) is 0 Å². The van der Waals surface area contributed by atoms with Gasteiger partial charge < -0.3 is 5.32 Å². The first-order chi connectivity index (χ1) is 4.38. The van der Waals surface area contributed by atoms with Gasteiger partial charge in [0.15, 0.2) is 0 Å². The Morgan fingerprint density at radius 1 is 1.22 bits per heavy atom. The molecule has 2 aliphatic rings. The predicted molar refractivity (Wildman–Crippen MR) is 35.7 cm³/mol. The maximum Gasteiger partial charge on any atom is 0.0370 e. The van der Waals surface area contributed by atoms with Gasteiger partial charge in [0, 0.05) is 25.2 Å². The Balaban J connectivity index is 2.10. The zero-order valence-corrected chi connectivity index (χ0v) is 5.51. The minimum atomic E-state index is 0.628. The molecule has 3 N–H and O–H groups in total. The number of nitrogens with two attached hydrogens (primary N) is 1. The fourth-order valence-electron chi connectivity index (χ4n) is 1.81. The summed E-state index contributed by atoms with van der Waals surface area (Å²) in [6.07, 6.45) is 2.57. The van der Waals surface area contributed by atoms with E-state index in [0.29, 0.717) is 12.1 Å². The highest BCUT2D eigenvalue weighted by Crippen LogP contribution is 2.22. The van der Waals surface area contributed by atoms with Crippen LogP contribution in [0, 0.1) is 0 Å². The van der Waals surface area contributed by atoms with Crippen LogP contribution in [0.1, 0.15) is 12.8 Å². The van der Waals surface area contributed by atoms with Crippen LogP contribution >= 0.6 is 0 Å². The normalized spacial score (nSPS) is 43.7. The van der Waals surface area contributed by atoms with E-state index in [4.69, 9.17) is 5.84 Å². The second-order valence-corrected chi connectivity index (χ2v) is 2.99. The molecule has 2 heterocycles. The highest BCUT2D eigenvalue weighted by molar-refractivity contribution is 4.90. The van der Waals surface area contributed by atoms with Crippen LogP contribution in [0.15, 0.2) is 0 Å². The van der Waals surface area contributed by atoms with Crippen LogP contribution in [-0.2, 0) is 0 Å². The summed E-state index contributed by atoms with van der Waals surface area (Å²) < 4.78 is 0. The van der Waals surface area contributed by atoms with Crippen molar-refractivity contribution < 1.29 is 0 Å². The number of nitrogens with one attached hydrogen (secondary N) is 1. The van der Waals surface area contributed by atoms with Crippen LogP contribution in [0.2, 0.25) is 0 Å². The number of fused-ring (bicyclic) bond motifs is 2. The first kappa shape index (κ1) is 5.65. The van der Waals surface area contributed by atoms with Crippen LogP contribution in [0.4, 0.5) is 0 Å². The van der Waals surface area contributed by atoms with Crippen LogP contribution < -0.4 is 11.2 Å². The van der Waals surface area contributed by atoms with Gasteiger partial charge in [-0.25, -0.2) is 5.01 Å². The summed E-state index contributed by atoms with van der Waals surface area (Å²) in [5, 5.41) is 5.38. The number of hydrazine groups is 1. The molecule has 0 aromatic rings. The summed E-state index contributed by atoms with van der Waals surface area (Å²) in [7, 11) is 0. The molecule has 0 radical (unpaired) electrons. The van der Waals surface area contributed by atoms with Crippen molar-refractivity contribution in [2.24, 2.45) is 5.84 Å². The molecule has 3 nitrogen and oxygen atoms in total. The van der Waals surface area contributed by atoms with E-state index in [0.717, 1.165) is 13.1 Å². The smallest absolute Gasteiger partial charge is 0.0370 e. The summed E-state index contributed by atoms with van der Waals surface area (Å²) >= 11 is 0. The molecule has 0 aromatic heterocycles. The Morgan fingerprint density at radius 3 is 2.22 bits per heavy atom. The minimum Gasteiger partial charge on any atom is -0.314 e. The fraction of sp³-hybridized carbons (Fsp3) is 1.00. The van der Waals surface area contributed by atoms with Crippen molar-refractivity contribution in [3.63, 3.8) is 0 Å². The molecule has 0 aliphatic carbocycles. The van der Waals surface area contributed by atoms with Crippen molar-refractivity contribution in [1.29, 1.82) is 0 Å². The molecule has 2 unspecified atom stereocenters. The van der Waals surface area contributed by atoms with E-state index in [1.54, 1.807) is 0 Å². The lowest BCUT2D eigenvalue weighted by molar-refractivity contribution is 0.157. The average Bonchev–Trinajstić information content (AvgIpc) is 2.19. The van der Waals surface area contributed by atoms with Gasteiger partial charge >= 0.3 is 0 Å². The molecule has 2 atom stereocenters. The van der Waals surface area contributed by atoms with Crippen molar-refractivity contribution in [2.75, 3.05) is 13.1 Å². The lowest BCUT2D eigenvalue weighted by Crippen LogP contribution is -2.54. The van der Waals surface area contributed by atoms with Gasteiger partial charge in [0.05, 0.1) is 0 Å². The Hall–Kier alpha value is -0.120. The fourth-order valence-corrected chi connectivity index (χ4v) is 1.81. The van der Waals surface area contributed by atoms with Crippen molar-refractivity contribution >= 4 is 0 Å². The van der Waals surface area contributed by atoms with Gasteiger partial charge in [-0.2, -0.15) is 0 Å². The van der Waals surface area contributed by atoms with E-state index in [9.17, 15) is 0 Å². The summed E-state index contributed by atoms with van der Waals surface area (Å²) in [6, 6.07) is 1.26. The van der Waals surface area contributed by atoms with E-state index < -0.39 is 0 Å². The molecule has 2 bridgehead atoms. The molecular formula is C6H13N3. The molecule has 2 saturated heterocycles. The third kappa shape index (κ3) is 0.764. The van der Waals surface area contributed by atoms with Crippen molar-refractivity contribution in [3.8, 4) is 0 Å². The largest absolute Gasteiger partial charge is 0.314 e. The third-order valence-corrected chi connectivity index (χ3v) is 2.44. The second-order valence-electron chi connectivity index (χ2n) is 2.99. The molecule has 0 aromatic carbocycles. The first-order valence-corrected chi connectivity index (χ1v) is 3.61. The Kier molecular flexibility index (Phi) is 1.22. The quantitative estimate of drug-likeness (QED) is 0.423. The lowest BCUT2D eigenvalue weighted by Gasteiger charge is -2.30. The molecule has 2 fully saturated rings. The highest BCUT2D eigenvalue weighted by atomic mass is 15.5. The maximum atomic E-state index is 5.78. The van der Waals surface area contributed by atoms with Crippen LogP contribution in [0.3, 0.4) is 0 Å². The van der Waals surface area contributed by atoms with E-state index in [2.05, 4.69) is 5.32 Å². The van der Waals surface area contributed by atoms with E-state index in [1.165, 1.54) is 12.8 Å². The Morgan fingerprint density at radius 2 is 1.78 bits per heavy atom. The molecule has 52 valence electrons. The average molecular weight is 127 g/mol. The third-order valence-electron chi connectivity index (χ3n) is 2.44. The molecular weight excluding hydrogens is 114 g/mol. The minimum absolute atomic E-state index is 0.628. The topological polar surface area (TPSA) is 41.3 Å². The summed E-state index contributed by atoms with van der Waals surface area (Å²) in [5.74, 6) is 5.78. The van der Waals surface area contributed by atoms with Crippen molar-refractivity contribution in [1.82, 2.24) is 10.3 Å². The Labute approximate surface area is 55.2 Å². The number of hydrogen-bond donors (Lipinski definition) is 2. The molecule has 9 heavy (non-hydrogen) atoms. The summed E-state index contributed by atoms with van der Waals surface area (Å²) in [4.78, 5) is 0. The SMILES string of the molecule is NN1C2CCC1CNC2. The van der Waals surface area contributed by atoms with Gasteiger partial charge in [-0.15, -0.1) is 0 Å². The van der Waals surface area contributed by atoms with Gasteiger partial charge in [-0.05, 0) is 12.8 Å². The molecule has 3 heteroatoms. The van der Waals surface area contributed by atoms with Crippen molar-refractivity contribution in [2.45, 2.75) is 24.9 Å². The van der Waals surface area contributed by atoms with Gasteiger partial charge in [0.1, 0.15) is 0 Å². The van der Waals surface area contributed by atoms with Crippen molar-refractivity contribution in [3.05, 3.63) is 0 Å². The standard InChI is InChI=1S/C6H13N3/c7-9-5-1-2-6(9)4-8-3-5/h5-6,8H,1-4,7H2. The number of nitrogens with zero attached hydrogens (tertiary/aromatic N) is 1. The van der Waals surface area contributed by atoms with E-state index in [-0.39, 0.29) is 0 Å². The number of piperazine rings is 1. The summed E-state index contributed by atoms with van der Waals surface area (Å²) in [6.45, 7) is 2.18. The monoisotopic (exact) mass is 127 g/mol. The van der Waals surface area contributed by atoms with Gasteiger partial charge in [-0.1, -0.05) is 0 Å². The van der Waals surface area contributed by atoms with Gasteiger partial charge in [-0.3, -0.25) is 5.84 Å². The zero-order chi connectivity index (χ0) is 6.27. The molecule has 0 saturated carbocycles. The predicted octanol–water partition coefficient (Wildman–Crippen LogP) is -0.704. The van der Waals surface area contributed by atoms with Gasteiger partial charge in [0.2, 0.25) is 0 Å². The van der Waals surface area contributed by atoms with Crippen LogP contribution in [0.5, 0.6) is 0 Å². The number of rotatable bonds is 0. The zero-order valence-electron chi connectivity index (χ0n) is 5.51.